The van der Waals surface area contributed by atoms with E-state index in [9.17, 15) is 0 Å². The molecule has 0 amide bonds. The zero-order valence-electron chi connectivity index (χ0n) is 5.07. The van der Waals surface area contributed by atoms with Crippen molar-refractivity contribution in [2.75, 3.05) is 13.6 Å². The second kappa shape index (κ2) is 1.83. The Kier molecular flexibility index (Phi) is 1.33. The minimum atomic E-state index is 1.00. The molecule has 1 aliphatic carbocycles. The van der Waals surface area contributed by atoms with E-state index in [1.54, 1.807) is 0 Å². The maximum atomic E-state index is 3.16. The number of hydrogen-bond acceptors (Lipinski definition) is 1. The summed E-state index contributed by atoms with van der Waals surface area (Å²) in [5.74, 6) is 2.01. The van der Waals surface area contributed by atoms with Gasteiger partial charge in [0, 0.05) is 0 Å². The van der Waals surface area contributed by atoms with Crippen molar-refractivity contribution in [1.82, 2.24) is 5.32 Å². The van der Waals surface area contributed by atoms with E-state index in [4.69, 9.17) is 0 Å². The minimum Gasteiger partial charge on any atom is -0.319 e. The fourth-order valence-corrected chi connectivity index (χ4v) is 0.946. The first kappa shape index (κ1) is 5.10. The average molecular weight is 99.2 g/mol. The largest absolute Gasteiger partial charge is 0.319 e. The Labute approximate surface area is 45.1 Å². The predicted molar refractivity (Wildman–Crippen MR) is 31.2 cm³/mol. The van der Waals surface area contributed by atoms with E-state index < -0.39 is 0 Å². The molecule has 1 heteroatoms. The van der Waals surface area contributed by atoms with E-state index in [1.165, 1.54) is 13.0 Å². The van der Waals surface area contributed by atoms with Crippen molar-refractivity contribution in [1.29, 1.82) is 0 Å². The van der Waals surface area contributed by atoms with E-state index >= 15 is 0 Å². The van der Waals surface area contributed by atoms with E-state index in [-0.39, 0.29) is 0 Å². The van der Waals surface area contributed by atoms with Crippen LogP contribution in [0.25, 0.3) is 0 Å². The first-order valence-electron chi connectivity index (χ1n) is 2.99. The molecular formula is C6H13N. The van der Waals surface area contributed by atoms with E-state index in [0.29, 0.717) is 0 Å². The summed E-state index contributed by atoms with van der Waals surface area (Å²) in [5, 5.41) is 3.16. The highest BCUT2D eigenvalue weighted by Crippen LogP contribution is 2.36. The predicted octanol–water partition coefficient (Wildman–Crippen LogP) is 0.862. The lowest BCUT2D eigenvalue weighted by molar-refractivity contribution is 0.672. The van der Waals surface area contributed by atoms with Crippen LogP contribution in [0.1, 0.15) is 13.3 Å². The molecule has 1 saturated carbocycles. The van der Waals surface area contributed by atoms with E-state index in [2.05, 4.69) is 12.2 Å². The van der Waals surface area contributed by atoms with Crippen LogP contribution in [0.4, 0.5) is 0 Å². The Morgan fingerprint density at radius 2 is 2.29 bits per heavy atom. The highest BCUT2D eigenvalue weighted by Gasteiger charge is 2.30. The summed E-state index contributed by atoms with van der Waals surface area (Å²) in [7, 11) is 2.02. The van der Waals surface area contributed by atoms with Gasteiger partial charge in [-0.05, 0) is 31.8 Å². The van der Waals surface area contributed by atoms with Crippen LogP contribution < -0.4 is 5.32 Å². The lowest BCUT2D eigenvalue weighted by atomic mass is 10.3. The molecule has 7 heavy (non-hydrogen) atoms. The second-order valence-electron chi connectivity index (χ2n) is 2.53. The third-order valence-corrected chi connectivity index (χ3v) is 1.74. The maximum absolute atomic E-state index is 3.16. The quantitative estimate of drug-likeness (QED) is 0.541. The first-order chi connectivity index (χ1) is 3.34. The van der Waals surface area contributed by atoms with Crippen molar-refractivity contribution in [3.63, 3.8) is 0 Å². The van der Waals surface area contributed by atoms with Crippen LogP contribution in [0, 0.1) is 11.8 Å². The molecule has 1 N–H and O–H groups in total. The monoisotopic (exact) mass is 99.1 g/mol. The van der Waals surface area contributed by atoms with Crippen LogP contribution in [0.5, 0.6) is 0 Å². The van der Waals surface area contributed by atoms with E-state index in [1.807, 2.05) is 7.05 Å². The summed E-state index contributed by atoms with van der Waals surface area (Å²) < 4.78 is 0. The van der Waals surface area contributed by atoms with Crippen molar-refractivity contribution in [3.05, 3.63) is 0 Å². The molecule has 0 spiro atoms. The topological polar surface area (TPSA) is 12.0 Å². The second-order valence-corrected chi connectivity index (χ2v) is 2.53. The van der Waals surface area contributed by atoms with Gasteiger partial charge in [-0.25, -0.2) is 0 Å². The van der Waals surface area contributed by atoms with Gasteiger partial charge >= 0.3 is 0 Å². The van der Waals surface area contributed by atoms with E-state index in [0.717, 1.165) is 11.8 Å². The maximum Gasteiger partial charge on any atom is -0.00209 e. The molecule has 42 valence electrons. The Hall–Kier alpha value is -0.0400. The van der Waals surface area contributed by atoms with Gasteiger partial charge in [-0.2, -0.15) is 0 Å². The molecule has 1 unspecified atom stereocenters. The van der Waals surface area contributed by atoms with Gasteiger partial charge in [-0.3, -0.25) is 0 Å². The van der Waals surface area contributed by atoms with Gasteiger partial charge in [0.1, 0.15) is 0 Å². The highest BCUT2D eigenvalue weighted by atomic mass is 14.8. The summed E-state index contributed by atoms with van der Waals surface area (Å²) in [5.41, 5.74) is 0. The van der Waals surface area contributed by atoms with Gasteiger partial charge in [-0.15, -0.1) is 0 Å². The van der Waals surface area contributed by atoms with Gasteiger partial charge in [0.15, 0.2) is 0 Å². The summed E-state index contributed by atoms with van der Waals surface area (Å²) in [6, 6.07) is 0. The van der Waals surface area contributed by atoms with Crippen LogP contribution >= 0.6 is 0 Å². The molecule has 0 aromatic heterocycles. The van der Waals surface area contributed by atoms with Gasteiger partial charge in [0.2, 0.25) is 0 Å². The summed E-state index contributed by atoms with van der Waals surface area (Å²) in [6.07, 6.45) is 1.45. The molecule has 2 atom stereocenters. The molecule has 0 saturated heterocycles. The molecule has 0 aromatic rings. The Morgan fingerprint density at radius 1 is 1.71 bits per heavy atom. The van der Waals surface area contributed by atoms with Crippen molar-refractivity contribution in [2.24, 2.45) is 11.8 Å². The molecule has 0 heterocycles. The third kappa shape index (κ3) is 1.16. The van der Waals surface area contributed by atoms with Crippen LogP contribution in [-0.2, 0) is 0 Å². The first-order valence-corrected chi connectivity index (χ1v) is 2.99. The Balaban J connectivity index is 1.98. The van der Waals surface area contributed by atoms with Gasteiger partial charge in [0.05, 0.1) is 0 Å². The van der Waals surface area contributed by atoms with Gasteiger partial charge in [0.25, 0.3) is 0 Å². The lowest BCUT2D eigenvalue weighted by Gasteiger charge is -1.90. The SMILES string of the molecule is CNCC1C[C@@H]1C. The molecule has 0 aliphatic heterocycles. The molecule has 1 rings (SSSR count). The van der Waals surface area contributed by atoms with Crippen molar-refractivity contribution >= 4 is 0 Å². The smallest absolute Gasteiger partial charge is 0.00209 e. The standard InChI is InChI=1S/C6H13N/c1-5-3-6(5)4-7-2/h5-7H,3-4H2,1-2H3/t5-,6?/m0/s1. The van der Waals surface area contributed by atoms with Crippen LogP contribution in [0.3, 0.4) is 0 Å². The average Bonchev–Trinajstić information content (AvgIpc) is 2.22. The fraction of sp³-hybridized carbons (Fsp3) is 1.00. The minimum absolute atomic E-state index is 1.00. The molecule has 0 bridgehead atoms. The normalized spacial score (nSPS) is 38.6. The van der Waals surface area contributed by atoms with Crippen LogP contribution in [0.15, 0.2) is 0 Å². The summed E-state index contributed by atoms with van der Waals surface area (Å²) in [6.45, 7) is 3.53. The van der Waals surface area contributed by atoms with Crippen molar-refractivity contribution < 1.29 is 0 Å². The molecule has 0 aromatic carbocycles. The van der Waals surface area contributed by atoms with Gasteiger partial charge in [-0.1, -0.05) is 6.92 Å². The zero-order chi connectivity index (χ0) is 5.28. The molecule has 0 radical (unpaired) electrons. The fourth-order valence-electron chi connectivity index (χ4n) is 0.946. The highest BCUT2D eigenvalue weighted by molar-refractivity contribution is 4.83. The van der Waals surface area contributed by atoms with Crippen molar-refractivity contribution in [3.8, 4) is 0 Å². The number of hydrogen-bond donors (Lipinski definition) is 1. The van der Waals surface area contributed by atoms with Crippen molar-refractivity contribution in [2.45, 2.75) is 13.3 Å². The zero-order valence-corrected chi connectivity index (χ0v) is 5.07. The molecular weight excluding hydrogens is 86.1 g/mol. The molecule has 1 aliphatic rings. The van der Waals surface area contributed by atoms with Gasteiger partial charge < -0.3 is 5.32 Å². The lowest BCUT2D eigenvalue weighted by Crippen LogP contribution is -2.09. The van der Waals surface area contributed by atoms with Crippen LogP contribution in [0.2, 0.25) is 0 Å². The Morgan fingerprint density at radius 3 is 2.43 bits per heavy atom. The Bertz CT molecular complexity index is 61.2. The number of rotatable bonds is 2. The molecule has 1 fully saturated rings. The number of nitrogens with one attached hydrogen (secondary N) is 1. The molecule has 1 nitrogen and oxygen atoms in total. The summed E-state index contributed by atoms with van der Waals surface area (Å²) in [4.78, 5) is 0. The third-order valence-electron chi connectivity index (χ3n) is 1.74. The van der Waals surface area contributed by atoms with Crippen LogP contribution in [-0.4, -0.2) is 13.6 Å². The summed E-state index contributed by atoms with van der Waals surface area (Å²) >= 11 is 0.